The Labute approximate surface area is 125 Å². The largest absolute Gasteiger partial charge is 0.268 e. The highest BCUT2D eigenvalue weighted by Gasteiger charge is 2.13. The second-order valence-corrected chi connectivity index (χ2v) is 4.92. The SMILES string of the molecule is C=C/C=C(\C=C)n1c(CCC)nc2cccc(C)c2c1=O. The quantitative estimate of drug-likeness (QED) is 0.779. The molecule has 1 aromatic carbocycles. The molecule has 3 nitrogen and oxygen atoms in total. The van der Waals surface area contributed by atoms with Crippen LogP contribution in [0.4, 0.5) is 0 Å². The Hall–Kier alpha value is -2.42. The maximum atomic E-state index is 12.9. The zero-order valence-electron chi connectivity index (χ0n) is 12.6. The molecule has 1 heterocycles. The lowest BCUT2D eigenvalue weighted by atomic mass is 10.1. The summed E-state index contributed by atoms with van der Waals surface area (Å²) in [5.41, 5.74) is 2.34. The van der Waals surface area contributed by atoms with E-state index < -0.39 is 0 Å². The van der Waals surface area contributed by atoms with Crippen LogP contribution in [-0.4, -0.2) is 9.55 Å². The average Bonchev–Trinajstić information content (AvgIpc) is 2.46. The lowest BCUT2D eigenvalue weighted by molar-refractivity contribution is 0.785. The summed E-state index contributed by atoms with van der Waals surface area (Å²) >= 11 is 0. The maximum absolute atomic E-state index is 12.9. The molecule has 1 aromatic heterocycles. The Morgan fingerprint density at radius 1 is 1.38 bits per heavy atom. The van der Waals surface area contributed by atoms with E-state index in [9.17, 15) is 4.79 Å². The summed E-state index contributed by atoms with van der Waals surface area (Å²) < 4.78 is 1.65. The van der Waals surface area contributed by atoms with Crippen LogP contribution < -0.4 is 5.56 Å². The summed E-state index contributed by atoms with van der Waals surface area (Å²) in [5, 5.41) is 0.661. The molecule has 0 aliphatic heterocycles. The lowest BCUT2D eigenvalue weighted by Gasteiger charge is -2.14. The fourth-order valence-electron chi connectivity index (χ4n) is 2.45. The van der Waals surface area contributed by atoms with Gasteiger partial charge in [0.25, 0.3) is 5.56 Å². The second-order valence-electron chi connectivity index (χ2n) is 4.92. The first kappa shape index (κ1) is 15.0. The molecule has 0 aliphatic carbocycles. The van der Waals surface area contributed by atoms with E-state index in [2.05, 4.69) is 25.1 Å². The molecule has 21 heavy (non-hydrogen) atoms. The van der Waals surface area contributed by atoms with Crippen molar-refractivity contribution in [3.05, 3.63) is 71.3 Å². The van der Waals surface area contributed by atoms with Crippen molar-refractivity contribution in [2.45, 2.75) is 26.7 Å². The summed E-state index contributed by atoms with van der Waals surface area (Å²) in [5.74, 6) is 0.758. The second kappa shape index (κ2) is 6.35. The number of hydrogen-bond acceptors (Lipinski definition) is 2. The molecular formula is C18H20N2O. The summed E-state index contributed by atoms with van der Waals surface area (Å²) in [7, 11) is 0. The molecular weight excluding hydrogens is 260 g/mol. The number of aryl methyl sites for hydroxylation is 2. The van der Waals surface area contributed by atoms with E-state index in [0.717, 1.165) is 29.7 Å². The number of nitrogens with zero attached hydrogens (tertiary/aromatic N) is 2. The van der Waals surface area contributed by atoms with Crippen LogP contribution in [0, 0.1) is 6.92 Å². The van der Waals surface area contributed by atoms with E-state index in [1.807, 2.05) is 25.1 Å². The monoisotopic (exact) mass is 280 g/mol. The summed E-state index contributed by atoms with van der Waals surface area (Å²) in [4.78, 5) is 17.6. The van der Waals surface area contributed by atoms with Crippen molar-refractivity contribution in [2.24, 2.45) is 0 Å². The highest BCUT2D eigenvalue weighted by Crippen LogP contribution is 2.16. The zero-order valence-corrected chi connectivity index (χ0v) is 12.6. The Bertz CT molecular complexity index is 782. The van der Waals surface area contributed by atoms with Gasteiger partial charge in [0.2, 0.25) is 0 Å². The van der Waals surface area contributed by atoms with Gasteiger partial charge in [-0.1, -0.05) is 38.3 Å². The molecule has 0 fully saturated rings. The third-order valence-electron chi connectivity index (χ3n) is 3.40. The fourth-order valence-corrected chi connectivity index (χ4v) is 2.45. The Morgan fingerprint density at radius 2 is 2.14 bits per heavy atom. The van der Waals surface area contributed by atoms with Gasteiger partial charge in [-0.15, -0.1) is 0 Å². The number of rotatable bonds is 5. The van der Waals surface area contributed by atoms with Crippen molar-refractivity contribution in [2.75, 3.05) is 0 Å². The van der Waals surface area contributed by atoms with Crippen molar-refractivity contribution in [3.8, 4) is 0 Å². The van der Waals surface area contributed by atoms with Crippen molar-refractivity contribution < 1.29 is 0 Å². The molecule has 0 radical (unpaired) electrons. The van der Waals surface area contributed by atoms with Gasteiger partial charge in [-0.3, -0.25) is 9.36 Å². The van der Waals surface area contributed by atoms with Gasteiger partial charge in [0, 0.05) is 12.1 Å². The van der Waals surface area contributed by atoms with Crippen LogP contribution in [-0.2, 0) is 6.42 Å². The Morgan fingerprint density at radius 3 is 2.76 bits per heavy atom. The van der Waals surface area contributed by atoms with Crippen molar-refractivity contribution in [1.82, 2.24) is 9.55 Å². The van der Waals surface area contributed by atoms with Crippen molar-refractivity contribution in [1.29, 1.82) is 0 Å². The zero-order chi connectivity index (χ0) is 15.4. The number of allylic oxidation sites excluding steroid dienone is 4. The molecule has 0 saturated carbocycles. The van der Waals surface area contributed by atoms with Crippen LogP contribution in [0.1, 0.15) is 24.7 Å². The predicted molar refractivity (Wildman–Crippen MR) is 89.4 cm³/mol. The van der Waals surface area contributed by atoms with Gasteiger partial charge in [-0.25, -0.2) is 4.98 Å². The van der Waals surface area contributed by atoms with Crippen LogP contribution >= 0.6 is 0 Å². The molecule has 2 aromatic rings. The maximum Gasteiger partial charge on any atom is 0.266 e. The molecule has 0 aliphatic rings. The highest BCUT2D eigenvalue weighted by molar-refractivity contribution is 5.82. The first-order chi connectivity index (χ1) is 10.1. The molecule has 0 atom stereocenters. The van der Waals surface area contributed by atoms with E-state index in [-0.39, 0.29) is 5.56 Å². The minimum Gasteiger partial charge on any atom is -0.268 e. The van der Waals surface area contributed by atoms with Crippen LogP contribution in [0.3, 0.4) is 0 Å². The van der Waals surface area contributed by atoms with Crippen molar-refractivity contribution in [3.63, 3.8) is 0 Å². The molecule has 0 amide bonds. The average molecular weight is 280 g/mol. The van der Waals surface area contributed by atoms with Gasteiger partial charge >= 0.3 is 0 Å². The molecule has 2 rings (SSSR count). The Kier molecular flexibility index (Phi) is 4.53. The number of fused-ring (bicyclic) bond motifs is 1. The third-order valence-corrected chi connectivity index (χ3v) is 3.40. The summed E-state index contributed by atoms with van der Waals surface area (Å²) in [6.45, 7) is 11.5. The van der Waals surface area contributed by atoms with Gasteiger partial charge < -0.3 is 0 Å². The molecule has 0 bridgehead atoms. The highest BCUT2D eigenvalue weighted by atomic mass is 16.1. The molecule has 108 valence electrons. The summed E-state index contributed by atoms with van der Waals surface area (Å²) in [6.07, 6.45) is 6.75. The van der Waals surface area contributed by atoms with Gasteiger partial charge in [0.05, 0.1) is 10.9 Å². The van der Waals surface area contributed by atoms with Crippen LogP contribution in [0.25, 0.3) is 16.6 Å². The minimum atomic E-state index is -0.0467. The lowest BCUT2D eigenvalue weighted by Crippen LogP contribution is -2.25. The Balaban J connectivity index is 2.92. The first-order valence-electron chi connectivity index (χ1n) is 7.10. The molecule has 0 spiro atoms. The van der Waals surface area contributed by atoms with Gasteiger partial charge in [-0.2, -0.15) is 0 Å². The van der Waals surface area contributed by atoms with Gasteiger partial charge in [-0.05, 0) is 37.1 Å². The van der Waals surface area contributed by atoms with E-state index in [1.54, 1.807) is 22.8 Å². The fraction of sp³-hybridized carbons (Fsp3) is 0.222. The third kappa shape index (κ3) is 2.72. The van der Waals surface area contributed by atoms with E-state index in [0.29, 0.717) is 11.1 Å². The predicted octanol–water partition coefficient (Wildman–Crippen LogP) is 3.87. The van der Waals surface area contributed by atoms with E-state index in [4.69, 9.17) is 0 Å². The number of hydrogen-bond donors (Lipinski definition) is 0. The number of aromatic nitrogens is 2. The number of benzene rings is 1. The standard InChI is InChI=1S/C18H20N2O/c1-5-9-14(7-3)20-16(10-6-2)19-15-12-8-11-13(4)17(15)18(20)21/h5,7-9,11-12H,1,3,6,10H2,2,4H3/b14-9+. The van der Waals surface area contributed by atoms with E-state index >= 15 is 0 Å². The first-order valence-corrected chi connectivity index (χ1v) is 7.10. The van der Waals surface area contributed by atoms with E-state index in [1.165, 1.54) is 0 Å². The summed E-state index contributed by atoms with van der Waals surface area (Å²) in [6, 6.07) is 5.75. The normalized spacial score (nSPS) is 11.6. The van der Waals surface area contributed by atoms with Crippen LogP contribution in [0.5, 0.6) is 0 Å². The smallest absolute Gasteiger partial charge is 0.266 e. The molecule has 3 heteroatoms. The molecule has 0 N–H and O–H groups in total. The van der Waals surface area contributed by atoms with Crippen LogP contribution in [0.2, 0.25) is 0 Å². The molecule has 0 unspecified atom stereocenters. The topological polar surface area (TPSA) is 34.9 Å². The van der Waals surface area contributed by atoms with Crippen LogP contribution in [0.15, 0.2) is 54.4 Å². The molecule has 0 saturated heterocycles. The minimum absolute atomic E-state index is 0.0467. The van der Waals surface area contributed by atoms with Crippen molar-refractivity contribution >= 4 is 16.6 Å². The van der Waals surface area contributed by atoms with Gasteiger partial charge in [0.1, 0.15) is 5.82 Å². The van der Waals surface area contributed by atoms with Gasteiger partial charge in [0.15, 0.2) is 0 Å².